The van der Waals surface area contributed by atoms with Crippen molar-refractivity contribution in [2.75, 3.05) is 5.75 Å². The molecular weight excluding hydrogens is 295 g/mol. The molecule has 0 aromatic heterocycles. The molecule has 0 aliphatic carbocycles. The Morgan fingerprint density at radius 1 is 1.54 bits per heavy atom. The zero-order chi connectivity index (χ0) is 10.7. The van der Waals surface area contributed by atoms with Crippen LogP contribution in [0.1, 0.15) is 0 Å². The molecule has 73 valence electrons. The van der Waals surface area contributed by atoms with Crippen LogP contribution in [0.2, 0.25) is 4.44 Å². The average molecular weight is 308 g/mol. The van der Waals surface area contributed by atoms with Crippen LogP contribution in [-0.2, 0) is 4.79 Å². The summed E-state index contributed by atoms with van der Waals surface area (Å²) in [6, 6.07) is 0. The Labute approximate surface area is 96.0 Å². The summed E-state index contributed by atoms with van der Waals surface area (Å²) in [6.07, 6.45) is 3.45. The number of rotatable bonds is 5. The van der Waals surface area contributed by atoms with Crippen LogP contribution >= 0.6 is 11.8 Å². The third-order valence-electron chi connectivity index (χ3n) is 0.728. The second-order valence-electron chi connectivity index (χ2n) is 1.81. The van der Waals surface area contributed by atoms with E-state index in [1.807, 2.05) is 6.08 Å². The Morgan fingerprint density at radius 3 is 2.23 bits per heavy atom. The molecule has 13 heavy (non-hydrogen) atoms. The van der Waals surface area contributed by atoms with Gasteiger partial charge in [-0.1, -0.05) is 6.08 Å². The Bertz CT molecular complexity index is 161. The van der Waals surface area contributed by atoms with Crippen molar-refractivity contribution < 1.29 is 15.0 Å². The second-order valence-corrected chi connectivity index (χ2v) is 4.08. The summed E-state index contributed by atoms with van der Waals surface area (Å²) in [7, 11) is 0. The molecule has 0 rings (SSSR count). The van der Waals surface area contributed by atoms with E-state index in [4.69, 9.17) is 10.2 Å². The van der Waals surface area contributed by atoms with E-state index in [1.165, 1.54) is 10.5 Å². The van der Waals surface area contributed by atoms with Crippen LogP contribution in [-0.4, -0.2) is 49.9 Å². The van der Waals surface area contributed by atoms with Gasteiger partial charge in [-0.05, 0) is 0 Å². The number of hydrogen-bond acceptors (Lipinski definition) is 3. The number of aliphatic hydroxyl groups is 1. The van der Waals surface area contributed by atoms with Gasteiger partial charge in [-0.3, -0.25) is 0 Å². The number of hydrogen-bond donors (Lipinski definition) is 2. The SMILES string of the molecule is C=CCSC(O)C(=O)O.C=C[CH2][Sn]. The van der Waals surface area contributed by atoms with E-state index in [1.54, 1.807) is 22.5 Å². The van der Waals surface area contributed by atoms with Crippen LogP contribution in [0.25, 0.3) is 0 Å². The van der Waals surface area contributed by atoms with E-state index in [-0.39, 0.29) is 0 Å². The van der Waals surface area contributed by atoms with Gasteiger partial charge in [-0.25, -0.2) is 4.79 Å². The number of carboxylic acids is 1. The molecule has 0 amide bonds. The monoisotopic (exact) mass is 309 g/mol. The summed E-state index contributed by atoms with van der Waals surface area (Å²) >= 11 is 2.47. The summed E-state index contributed by atoms with van der Waals surface area (Å²) in [5, 5.41) is 16.7. The van der Waals surface area contributed by atoms with Crippen LogP contribution in [0.15, 0.2) is 25.3 Å². The molecule has 0 aliphatic rings. The maximum absolute atomic E-state index is 9.90. The van der Waals surface area contributed by atoms with Crippen molar-refractivity contribution in [2.24, 2.45) is 0 Å². The van der Waals surface area contributed by atoms with E-state index in [0.29, 0.717) is 5.75 Å². The molecule has 0 saturated heterocycles. The summed E-state index contributed by atoms with van der Waals surface area (Å²) in [6.45, 7) is 6.87. The van der Waals surface area contributed by atoms with Crippen molar-refractivity contribution in [3.05, 3.63) is 25.3 Å². The Hall–Kier alpha value is 0.0587. The molecule has 0 saturated carbocycles. The van der Waals surface area contributed by atoms with Crippen molar-refractivity contribution >= 4 is 40.3 Å². The van der Waals surface area contributed by atoms with Gasteiger partial charge in [0.05, 0.1) is 0 Å². The predicted octanol–water partition coefficient (Wildman–Crippen LogP) is 1.07. The van der Waals surface area contributed by atoms with Crippen LogP contribution in [0.5, 0.6) is 0 Å². The summed E-state index contributed by atoms with van der Waals surface area (Å²) < 4.78 is 1.17. The minimum atomic E-state index is -1.32. The molecular formula is C8H13O3SSn. The number of thioether (sulfide) groups is 1. The fraction of sp³-hybridized carbons (Fsp3) is 0.375. The number of allylic oxidation sites excluding steroid dienone is 1. The van der Waals surface area contributed by atoms with Crippen molar-refractivity contribution in [2.45, 2.75) is 9.87 Å². The number of carbonyl (C=O) groups is 1. The van der Waals surface area contributed by atoms with Crippen LogP contribution in [0.3, 0.4) is 0 Å². The first kappa shape index (κ1) is 15.5. The Morgan fingerprint density at radius 2 is 2.00 bits per heavy atom. The average Bonchev–Trinajstić information content (AvgIpc) is 2.14. The fourth-order valence-corrected chi connectivity index (χ4v) is 0.691. The normalized spacial score (nSPS) is 10.6. The molecule has 3 nitrogen and oxygen atoms in total. The van der Waals surface area contributed by atoms with Crippen molar-refractivity contribution in [1.29, 1.82) is 0 Å². The van der Waals surface area contributed by atoms with Gasteiger partial charge in [0, 0.05) is 5.75 Å². The standard InChI is InChI=1S/C5H8O3S.C3H5.Sn/c1-2-3-9-5(8)4(6)7;1-3-2;/h2,5,8H,1,3H2,(H,6,7);3H,1-2H2;. The van der Waals surface area contributed by atoms with Crippen molar-refractivity contribution in [3.63, 3.8) is 0 Å². The molecule has 1 unspecified atom stereocenters. The van der Waals surface area contributed by atoms with Crippen molar-refractivity contribution in [3.8, 4) is 0 Å². The zero-order valence-corrected chi connectivity index (χ0v) is 10.9. The molecule has 0 heterocycles. The van der Waals surface area contributed by atoms with Crippen LogP contribution in [0.4, 0.5) is 0 Å². The fourth-order valence-electron chi connectivity index (χ4n) is 0.230. The topological polar surface area (TPSA) is 57.5 Å². The van der Waals surface area contributed by atoms with Crippen LogP contribution < -0.4 is 0 Å². The first-order valence-corrected chi connectivity index (χ1v) is 6.55. The molecule has 0 aliphatic heterocycles. The number of aliphatic carboxylic acids is 1. The first-order valence-electron chi connectivity index (χ1n) is 3.49. The zero-order valence-electron chi connectivity index (χ0n) is 7.27. The third-order valence-corrected chi connectivity index (χ3v) is 2.50. The van der Waals surface area contributed by atoms with Gasteiger partial charge in [0.15, 0.2) is 5.44 Å². The summed E-state index contributed by atoms with van der Waals surface area (Å²) in [4.78, 5) is 9.90. The maximum atomic E-state index is 9.90. The van der Waals surface area contributed by atoms with Gasteiger partial charge < -0.3 is 10.2 Å². The number of aliphatic hydroxyl groups excluding tert-OH is 1. The van der Waals surface area contributed by atoms with E-state index in [9.17, 15) is 4.79 Å². The van der Waals surface area contributed by atoms with Gasteiger partial charge in [-0.15, -0.1) is 18.3 Å². The first-order chi connectivity index (χ1) is 6.09. The molecule has 0 aromatic carbocycles. The van der Waals surface area contributed by atoms with Gasteiger partial charge >= 0.3 is 45.6 Å². The van der Waals surface area contributed by atoms with E-state index in [0.717, 1.165) is 11.8 Å². The minimum absolute atomic E-state index is 0.452. The summed E-state index contributed by atoms with van der Waals surface area (Å²) in [5.74, 6) is -0.755. The summed E-state index contributed by atoms with van der Waals surface area (Å²) in [5.41, 5.74) is -1.32. The molecule has 0 spiro atoms. The molecule has 3 radical (unpaired) electrons. The van der Waals surface area contributed by atoms with E-state index in [2.05, 4.69) is 13.2 Å². The van der Waals surface area contributed by atoms with Crippen LogP contribution in [0, 0.1) is 0 Å². The van der Waals surface area contributed by atoms with Gasteiger partial charge in [-0.2, -0.15) is 0 Å². The quantitative estimate of drug-likeness (QED) is 0.453. The Balaban J connectivity index is 0. The van der Waals surface area contributed by atoms with E-state index >= 15 is 0 Å². The molecule has 2 N–H and O–H groups in total. The molecule has 0 bridgehead atoms. The predicted molar refractivity (Wildman–Crippen MR) is 57.1 cm³/mol. The Kier molecular flexibility index (Phi) is 14.4. The number of carboxylic acid groups (broad SMARTS) is 1. The van der Waals surface area contributed by atoms with Gasteiger partial charge in [0.2, 0.25) is 0 Å². The molecule has 0 aromatic rings. The van der Waals surface area contributed by atoms with Gasteiger partial charge in [0.25, 0.3) is 0 Å². The molecule has 1 atom stereocenters. The third kappa shape index (κ3) is 14.9. The molecule has 5 heteroatoms. The van der Waals surface area contributed by atoms with E-state index < -0.39 is 11.4 Å². The molecule has 0 fully saturated rings. The van der Waals surface area contributed by atoms with Gasteiger partial charge in [0.1, 0.15) is 0 Å². The van der Waals surface area contributed by atoms with Crippen molar-refractivity contribution in [1.82, 2.24) is 0 Å². The second kappa shape index (κ2) is 12.1.